The number of anilines is 1. The lowest BCUT2D eigenvalue weighted by Gasteiger charge is -2.09. The maximum absolute atomic E-state index is 4.07. The van der Waals surface area contributed by atoms with Gasteiger partial charge in [-0.1, -0.05) is 34.1 Å². The number of aromatic nitrogens is 2. The van der Waals surface area contributed by atoms with Crippen LogP contribution >= 0.6 is 15.9 Å². The third-order valence-electron chi connectivity index (χ3n) is 3.16. The van der Waals surface area contributed by atoms with Crippen LogP contribution in [0, 0.1) is 6.92 Å². The average molecular weight is 316 g/mol. The van der Waals surface area contributed by atoms with Gasteiger partial charge in [-0.2, -0.15) is 5.10 Å². The molecule has 0 saturated carbocycles. The van der Waals surface area contributed by atoms with Crippen LogP contribution in [0.2, 0.25) is 0 Å². The van der Waals surface area contributed by atoms with Crippen molar-refractivity contribution in [2.75, 3.05) is 5.32 Å². The summed E-state index contributed by atoms with van der Waals surface area (Å²) in [5.74, 6) is 0. The predicted molar refractivity (Wildman–Crippen MR) is 82.3 cm³/mol. The van der Waals surface area contributed by atoms with Gasteiger partial charge in [0.15, 0.2) is 0 Å². The standard InChI is InChI=1S/C15H14BrN3/c1-10-5-6-11(13(16)7-10)8-17-14-3-2-4-15-12(14)9-18-19-15/h2-7,9,17H,8H2,1H3,(H,18,19). The maximum Gasteiger partial charge on any atom is 0.0671 e. The van der Waals surface area contributed by atoms with E-state index in [1.165, 1.54) is 11.1 Å². The van der Waals surface area contributed by atoms with Gasteiger partial charge in [0.1, 0.15) is 0 Å². The first-order valence-electron chi connectivity index (χ1n) is 6.15. The zero-order valence-corrected chi connectivity index (χ0v) is 12.2. The molecule has 0 radical (unpaired) electrons. The summed E-state index contributed by atoms with van der Waals surface area (Å²) in [5.41, 5.74) is 4.64. The second-order valence-corrected chi connectivity index (χ2v) is 5.44. The van der Waals surface area contributed by atoms with Gasteiger partial charge in [0.2, 0.25) is 0 Å². The third kappa shape index (κ3) is 2.49. The molecule has 3 nitrogen and oxygen atoms in total. The van der Waals surface area contributed by atoms with Crippen molar-refractivity contribution in [1.82, 2.24) is 10.2 Å². The summed E-state index contributed by atoms with van der Waals surface area (Å²) in [4.78, 5) is 0. The fourth-order valence-electron chi connectivity index (χ4n) is 2.11. The van der Waals surface area contributed by atoms with Gasteiger partial charge in [-0.3, -0.25) is 5.10 Å². The number of aromatic amines is 1. The number of aryl methyl sites for hydroxylation is 1. The summed E-state index contributed by atoms with van der Waals surface area (Å²) in [6, 6.07) is 12.5. The van der Waals surface area contributed by atoms with Crippen LogP contribution in [0.5, 0.6) is 0 Å². The van der Waals surface area contributed by atoms with Crippen LogP contribution in [0.25, 0.3) is 10.9 Å². The van der Waals surface area contributed by atoms with Gasteiger partial charge in [-0.25, -0.2) is 0 Å². The van der Waals surface area contributed by atoms with Crippen molar-refractivity contribution in [3.63, 3.8) is 0 Å². The first-order valence-corrected chi connectivity index (χ1v) is 6.94. The smallest absolute Gasteiger partial charge is 0.0671 e. The Kier molecular flexibility index (Phi) is 3.25. The summed E-state index contributed by atoms with van der Waals surface area (Å²) < 4.78 is 1.14. The van der Waals surface area contributed by atoms with Gasteiger partial charge in [0.05, 0.1) is 11.7 Å². The maximum atomic E-state index is 4.07. The summed E-state index contributed by atoms with van der Waals surface area (Å²) in [6.45, 7) is 2.87. The van der Waals surface area contributed by atoms with Gasteiger partial charge in [-0.05, 0) is 36.2 Å². The molecule has 3 rings (SSSR count). The fraction of sp³-hybridized carbons (Fsp3) is 0.133. The molecule has 1 aromatic heterocycles. The minimum Gasteiger partial charge on any atom is -0.380 e. The highest BCUT2D eigenvalue weighted by Crippen LogP contribution is 2.24. The van der Waals surface area contributed by atoms with Crippen LogP contribution in [0.15, 0.2) is 47.1 Å². The zero-order valence-electron chi connectivity index (χ0n) is 10.6. The monoisotopic (exact) mass is 315 g/mol. The molecule has 0 fully saturated rings. The van der Waals surface area contributed by atoms with Crippen molar-refractivity contribution < 1.29 is 0 Å². The van der Waals surface area contributed by atoms with Gasteiger partial charge < -0.3 is 5.32 Å². The van der Waals surface area contributed by atoms with E-state index in [4.69, 9.17) is 0 Å². The third-order valence-corrected chi connectivity index (χ3v) is 3.90. The Morgan fingerprint density at radius 2 is 2.16 bits per heavy atom. The number of hydrogen-bond donors (Lipinski definition) is 2. The van der Waals surface area contributed by atoms with Crippen LogP contribution in [0.4, 0.5) is 5.69 Å². The Bertz CT molecular complexity index is 718. The van der Waals surface area contributed by atoms with E-state index in [-0.39, 0.29) is 0 Å². The van der Waals surface area contributed by atoms with E-state index in [9.17, 15) is 0 Å². The Labute approximate surface area is 120 Å². The molecule has 1 heterocycles. The van der Waals surface area contributed by atoms with Gasteiger partial charge in [0, 0.05) is 22.1 Å². The van der Waals surface area contributed by atoms with Crippen molar-refractivity contribution in [3.8, 4) is 0 Å². The highest BCUT2D eigenvalue weighted by atomic mass is 79.9. The molecule has 0 amide bonds. The quantitative estimate of drug-likeness (QED) is 0.758. The summed E-state index contributed by atoms with van der Waals surface area (Å²) in [6.07, 6.45) is 1.85. The molecule has 4 heteroatoms. The molecule has 96 valence electrons. The number of fused-ring (bicyclic) bond motifs is 1. The van der Waals surface area contributed by atoms with E-state index >= 15 is 0 Å². The SMILES string of the molecule is Cc1ccc(CNc2cccc3[nH]ncc23)c(Br)c1. The van der Waals surface area contributed by atoms with Crippen molar-refractivity contribution in [2.24, 2.45) is 0 Å². The lowest BCUT2D eigenvalue weighted by atomic mass is 10.1. The molecule has 2 aromatic carbocycles. The summed E-state index contributed by atoms with van der Waals surface area (Å²) >= 11 is 3.60. The Hall–Kier alpha value is -1.81. The number of halogens is 1. The van der Waals surface area contributed by atoms with E-state index in [2.05, 4.69) is 62.6 Å². The Balaban J connectivity index is 1.84. The van der Waals surface area contributed by atoms with Gasteiger partial charge >= 0.3 is 0 Å². The molecular formula is C15H14BrN3. The molecule has 0 aliphatic carbocycles. The number of benzene rings is 2. The molecule has 0 aliphatic rings. The molecule has 0 bridgehead atoms. The van der Waals surface area contributed by atoms with E-state index < -0.39 is 0 Å². The second kappa shape index (κ2) is 5.05. The fourth-order valence-corrected chi connectivity index (χ4v) is 2.74. The number of nitrogens with zero attached hydrogens (tertiary/aromatic N) is 1. The van der Waals surface area contributed by atoms with Crippen LogP contribution in [-0.4, -0.2) is 10.2 Å². The van der Waals surface area contributed by atoms with E-state index in [0.29, 0.717) is 0 Å². The molecule has 19 heavy (non-hydrogen) atoms. The highest BCUT2D eigenvalue weighted by molar-refractivity contribution is 9.10. The number of rotatable bonds is 3. The van der Waals surface area contributed by atoms with Crippen LogP contribution in [0.3, 0.4) is 0 Å². The molecule has 0 saturated heterocycles. The van der Waals surface area contributed by atoms with Crippen molar-refractivity contribution in [2.45, 2.75) is 13.5 Å². The summed E-state index contributed by atoms with van der Waals surface area (Å²) in [7, 11) is 0. The molecule has 0 aliphatic heterocycles. The lowest BCUT2D eigenvalue weighted by Crippen LogP contribution is -2.00. The van der Waals surface area contributed by atoms with Gasteiger partial charge in [0.25, 0.3) is 0 Å². The molecule has 0 atom stereocenters. The molecule has 0 spiro atoms. The second-order valence-electron chi connectivity index (χ2n) is 4.59. The molecule has 3 aromatic rings. The van der Waals surface area contributed by atoms with Crippen molar-refractivity contribution >= 4 is 32.5 Å². The first kappa shape index (κ1) is 12.2. The average Bonchev–Trinajstić information content (AvgIpc) is 2.86. The minimum atomic E-state index is 0.783. The number of hydrogen-bond acceptors (Lipinski definition) is 2. The van der Waals surface area contributed by atoms with E-state index in [1.807, 2.05) is 18.3 Å². The molecule has 0 unspecified atom stereocenters. The van der Waals surface area contributed by atoms with Crippen LogP contribution in [-0.2, 0) is 6.54 Å². The first-order chi connectivity index (χ1) is 9.24. The highest BCUT2D eigenvalue weighted by Gasteiger charge is 2.04. The topological polar surface area (TPSA) is 40.7 Å². The Morgan fingerprint density at radius 3 is 3.00 bits per heavy atom. The van der Waals surface area contributed by atoms with E-state index in [0.717, 1.165) is 27.6 Å². The normalized spacial score (nSPS) is 10.8. The molecule has 2 N–H and O–H groups in total. The van der Waals surface area contributed by atoms with Crippen LogP contribution < -0.4 is 5.32 Å². The number of nitrogens with one attached hydrogen (secondary N) is 2. The lowest BCUT2D eigenvalue weighted by molar-refractivity contribution is 1.12. The predicted octanol–water partition coefficient (Wildman–Crippen LogP) is 4.25. The van der Waals surface area contributed by atoms with Crippen molar-refractivity contribution in [3.05, 3.63) is 58.2 Å². The van der Waals surface area contributed by atoms with E-state index in [1.54, 1.807) is 0 Å². The number of H-pyrrole nitrogens is 1. The Morgan fingerprint density at radius 1 is 1.26 bits per heavy atom. The molecular weight excluding hydrogens is 302 g/mol. The minimum absolute atomic E-state index is 0.783. The zero-order chi connectivity index (χ0) is 13.2. The van der Waals surface area contributed by atoms with Crippen molar-refractivity contribution in [1.29, 1.82) is 0 Å². The largest absolute Gasteiger partial charge is 0.380 e. The van der Waals surface area contributed by atoms with Crippen LogP contribution in [0.1, 0.15) is 11.1 Å². The van der Waals surface area contributed by atoms with Gasteiger partial charge in [-0.15, -0.1) is 0 Å². The summed E-state index contributed by atoms with van der Waals surface area (Å²) in [5, 5.41) is 11.6.